The van der Waals surface area contributed by atoms with Gasteiger partial charge in [-0.15, -0.1) is 0 Å². The fourth-order valence-corrected chi connectivity index (χ4v) is 1.05. The predicted octanol–water partition coefficient (Wildman–Crippen LogP) is 1.00. The third kappa shape index (κ3) is 1.30. The zero-order valence-electron chi connectivity index (χ0n) is 5.89. The summed E-state index contributed by atoms with van der Waals surface area (Å²) in [4.78, 5) is 11.0. The van der Waals surface area contributed by atoms with Crippen LogP contribution in [0.5, 0.6) is 0 Å². The van der Waals surface area contributed by atoms with Crippen molar-refractivity contribution in [1.29, 1.82) is 0 Å². The molecule has 9 heavy (non-hydrogen) atoms. The molecule has 0 saturated carbocycles. The van der Waals surface area contributed by atoms with Crippen LogP contribution in [-0.2, 0) is 9.53 Å². The molecular weight excluding hydrogens is 116 g/mol. The highest BCUT2D eigenvalue weighted by Crippen LogP contribution is 2.14. The lowest BCUT2D eigenvalue weighted by Crippen LogP contribution is -2.32. The molecule has 2 nitrogen and oxygen atoms in total. The number of hydrogen-bond donors (Lipinski definition) is 0. The standard InChI is InChI=1S/C7H12O2/c1-5-3-4-9-6(2)7(5)8/h5-6H,3-4H2,1-2H3/t5-,6-/m1/s1. The summed E-state index contributed by atoms with van der Waals surface area (Å²) < 4.78 is 5.11. The Hall–Kier alpha value is -0.370. The Morgan fingerprint density at radius 3 is 2.67 bits per heavy atom. The molecule has 0 N–H and O–H groups in total. The second kappa shape index (κ2) is 2.48. The van der Waals surface area contributed by atoms with Gasteiger partial charge in [-0.05, 0) is 13.3 Å². The summed E-state index contributed by atoms with van der Waals surface area (Å²) in [5.74, 6) is 0.468. The molecule has 2 heteroatoms. The van der Waals surface area contributed by atoms with Gasteiger partial charge in [0, 0.05) is 12.5 Å². The molecule has 1 aliphatic rings. The van der Waals surface area contributed by atoms with E-state index in [1.54, 1.807) is 0 Å². The van der Waals surface area contributed by atoms with Crippen molar-refractivity contribution < 1.29 is 9.53 Å². The van der Waals surface area contributed by atoms with Gasteiger partial charge in [-0.25, -0.2) is 0 Å². The average Bonchev–Trinajstić information content (AvgIpc) is 1.83. The van der Waals surface area contributed by atoms with Gasteiger partial charge in [-0.3, -0.25) is 4.79 Å². The van der Waals surface area contributed by atoms with Gasteiger partial charge >= 0.3 is 0 Å². The van der Waals surface area contributed by atoms with Gasteiger partial charge in [0.05, 0.1) is 0 Å². The van der Waals surface area contributed by atoms with Crippen LogP contribution in [0.15, 0.2) is 0 Å². The van der Waals surface area contributed by atoms with Crippen molar-refractivity contribution in [3.8, 4) is 0 Å². The number of hydrogen-bond acceptors (Lipinski definition) is 2. The van der Waals surface area contributed by atoms with Gasteiger partial charge in [0.2, 0.25) is 0 Å². The highest BCUT2D eigenvalue weighted by molar-refractivity contribution is 5.85. The van der Waals surface area contributed by atoms with Crippen molar-refractivity contribution in [3.05, 3.63) is 0 Å². The van der Waals surface area contributed by atoms with E-state index in [4.69, 9.17) is 4.74 Å². The molecule has 0 radical (unpaired) electrons. The largest absolute Gasteiger partial charge is 0.371 e. The van der Waals surface area contributed by atoms with E-state index in [1.165, 1.54) is 0 Å². The first-order chi connectivity index (χ1) is 4.22. The Balaban J connectivity index is 2.52. The molecule has 0 aromatic heterocycles. The van der Waals surface area contributed by atoms with E-state index in [2.05, 4.69) is 0 Å². The van der Waals surface area contributed by atoms with Crippen LogP contribution in [-0.4, -0.2) is 18.5 Å². The summed E-state index contributed by atoms with van der Waals surface area (Å²) in [6.45, 7) is 4.52. The molecule has 1 rings (SSSR count). The van der Waals surface area contributed by atoms with E-state index in [-0.39, 0.29) is 17.8 Å². The van der Waals surface area contributed by atoms with Crippen molar-refractivity contribution >= 4 is 5.78 Å². The van der Waals surface area contributed by atoms with Crippen molar-refractivity contribution in [1.82, 2.24) is 0 Å². The zero-order valence-corrected chi connectivity index (χ0v) is 5.89. The van der Waals surface area contributed by atoms with Crippen LogP contribution in [0.4, 0.5) is 0 Å². The monoisotopic (exact) mass is 128 g/mol. The van der Waals surface area contributed by atoms with E-state index in [0.717, 1.165) is 13.0 Å². The average molecular weight is 128 g/mol. The van der Waals surface area contributed by atoms with Crippen LogP contribution in [0.25, 0.3) is 0 Å². The highest BCUT2D eigenvalue weighted by Gasteiger charge is 2.24. The number of rotatable bonds is 0. The molecule has 0 aromatic carbocycles. The summed E-state index contributed by atoms with van der Waals surface area (Å²) in [5.41, 5.74) is 0. The lowest BCUT2D eigenvalue weighted by atomic mass is 9.97. The van der Waals surface area contributed by atoms with Gasteiger partial charge in [-0.1, -0.05) is 6.92 Å². The molecule has 1 aliphatic heterocycles. The van der Waals surface area contributed by atoms with E-state index in [9.17, 15) is 4.79 Å². The molecule has 0 amide bonds. The van der Waals surface area contributed by atoms with E-state index < -0.39 is 0 Å². The molecule has 0 aromatic rings. The molecule has 0 aliphatic carbocycles. The third-order valence-electron chi connectivity index (χ3n) is 1.81. The summed E-state index contributed by atoms with van der Waals surface area (Å²) in [5, 5.41) is 0. The van der Waals surface area contributed by atoms with Crippen molar-refractivity contribution in [3.63, 3.8) is 0 Å². The van der Waals surface area contributed by atoms with Crippen LogP contribution in [0, 0.1) is 5.92 Å². The maximum Gasteiger partial charge on any atom is 0.164 e. The normalized spacial score (nSPS) is 36.9. The summed E-state index contributed by atoms with van der Waals surface area (Å²) in [7, 11) is 0. The predicted molar refractivity (Wildman–Crippen MR) is 34.2 cm³/mol. The highest BCUT2D eigenvalue weighted by atomic mass is 16.5. The SMILES string of the molecule is C[C@@H]1CCO[C@H](C)C1=O. The minimum absolute atomic E-state index is 0.159. The number of carbonyl (C=O) groups is 1. The number of Topliss-reactive ketones (excluding diaryl/α,β-unsaturated/α-hetero) is 1. The number of ether oxygens (including phenoxy) is 1. The first-order valence-electron chi connectivity index (χ1n) is 3.37. The Labute approximate surface area is 55.2 Å². The lowest BCUT2D eigenvalue weighted by Gasteiger charge is -2.22. The third-order valence-corrected chi connectivity index (χ3v) is 1.81. The number of carbonyl (C=O) groups excluding carboxylic acids is 1. The fraction of sp³-hybridized carbons (Fsp3) is 0.857. The molecule has 1 heterocycles. The molecule has 1 saturated heterocycles. The van der Waals surface area contributed by atoms with Gasteiger partial charge < -0.3 is 4.74 Å². The molecule has 52 valence electrons. The van der Waals surface area contributed by atoms with Crippen LogP contribution in [0.2, 0.25) is 0 Å². The van der Waals surface area contributed by atoms with Crippen molar-refractivity contribution in [2.24, 2.45) is 5.92 Å². The van der Waals surface area contributed by atoms with E-state index in [1.807, 2.05) is 13.8 Å². The number of ketones is 1. The topological polar surface area (TPSA) is 26.3 Å². The Morgan fingerprint density at radius 2 is 2.22 bits per heavy atom. The smallest absolute Gasteiger partial charge is 0.164 e. The van der Waals surface area contributed by atoms with Crippen molar-refractivity contribution in [2.45, 2.75) is 26.4 Å². The molecule has 0 unspecified atom stereocenters. The van der Waals surface area contributed by atoms with Gasteiger partial charge in [0.15, 0.2) is 5.78 Å². The second-order valence-electron chi connectivity index (χ2n) is 2.61. The quantitative estimate of drug-likeness (QED) is 0.486. The first kappa shape index (κ1) is 6.75. The molecule has 0 spiro atoms. The zero-order chi connectivity index (χ0) is 6.85. The lowest BCUT2D eigenvalue weighted by molar-refractivity contribution is -0.139. The minimum Gasteiger partial charge on any atom is -0.371 e. The van der Waals surface area contributed by atoms with Crippen LogP contribution in [0.1, 0.15) is 20.3 Å². The van der Waals surface area contributed by atoms with E-state index >= 15 is 0 Å². The van der Waals surface area contributed by atoms with E-state index in [0.29, 0.717) is 0 Å². The summed E-state index contributed by atoms with van der Waals surface area (Å²) >= 11 is 0. The maximum atomic E-state index is 11.0. The Bertz CT molecular complexity index is 108. The molecule has 1 fully saturated rings. The summed E-state index contributed by atoms with van der Waals surface area (Å²) in [6.07, 6.45) is 0.733. The van der Waals surface area contributed by atoms with Gasteiger partial charge in [0.1, 0.15) is 6.10 Å². The van der Waals surface area contributed by atoms with Crippen molar-refractivity contribution in [2.75, 3.05) is 6.61 Å². The Morgan fingerprint density at radius 1 is 1.56 bits per heavy atom. The van der Waals surface area contributed by atoms with Crippen LogP contribution < -0.4 is 0 Å². The van der Waals surface area contributed by atoms with Crippen LogP contribution in [0.3, 0.4) is 0 Å². The summed E-state index contributed by atoms with van der Waals surface area (Å²) in [6, 6.07) is 0. The Kier molecular flexibility index (Phi) is 1.86. The molecular formula is C7H12O2. The second-order valence-corrected chi connectivity index (χ2v) is 2.61. The molecule has 2 atom stereocenters. The maximum absolute atomic E-state index is 11.0. The van der Waals surface area contributed by atoms with Gasteiger partial charge in [-0.2, -0.15) is 0 Å². The van der Waals surface area contributed by atoms with Gasteiger partial charge in [0.25, 0.3) is 0 Å². The first-order valence-corrected chi connectivity index (χ1v) is 3.37. The van der Waals surface area contributed by atoms with Crippen LogP contribution >= 0.6 is 0 Å². The molecule has 0 bridgehead atoms. The minimum atomic E-state index is -0.159. The fourth-order valence-electron chi connectivity index (χ4n) is 1.05.